The molecule has 3 aliphatic carbocycles. The van der Waals surface area contributed by atoms with Crippen LogP contribution in [0.3, 0.4) is 0 Å². The molecule has 5 rings (SSSR count). The van der Waals surface area contributed by atoms with Gasteiger partial charge < -0.3 is 10.2 Å². The number of azo groups is 1. The Morgan fingerprint density at radius 1 is 0.863 bits per heavy atom. The zero-order valence-corrected chi connectivity index (χ0v) is 31.1. The van der Waals surface area contributed by atoms with Crippen LogP contribution in [0.25, 0.3) is 0 Å². The van der Waals surface area contributed by atoms with Crippen molar-refractivity contribution in [1.29, 1.82) is 5.26 Å². The van der Waals surface area contributed by atoms with Crippen molar-refractivity contribution in [2.45, 2.75) is 128 Å². The molecular formula is C29H44N8O10S4. The van der Waals surface area contributed by atoms with Crippen LogP contribution in [-0.4, -0.2) is 104 Å². The van der Waals surface area contributed by atoms with Gasteiger partial charge in [-0.3, -0.25) is 34.6 Å². The predicted octanol–water partition coefficient (Wildman–Crippen LogP) is 2.65. The number of piperidine rings is 1. The SMILES string of the molecule is CC1C(C#N)C(NC2CCC(S(=O)(=O)O)CC2)NC(NC2CCC(S(=O)(=O)O)CC2)C1N=Nc1nnc(SC2CCC(C(=O)O)C(C(=O)O)C2)s1. The molecule has 1 aliphatic heterocycles. The highest BCUT2D eigenvalue weighted by Gasteiger charge is 2.45. The summed E-state index contributed by atoms with van der Waals surface area (Å²) in [6, 6.07) is 1.58. The number of nitrogens with zero attached hydrogens (tertiary/aromatic N) is 5. The molecule has 3 saturated carbocycles. The summed E-state index contributed by atoms with van der Waals surface area (Å²) >= 11 is 2.50. The maximum Gasteiger partial charge on any atom is 0.307 e. The van der Waals surface area contributed by atoms with E-state index in [0.717, 1.165) is 11.3 Å². The second-order valence-electron chi connectivity index (χ2n) is 13.9. The largest absolute Gasteiger partial charge is 0.481 e. The van der Waals surface area contributed by atoms with Gasteiger partial charge in [-0.1, -0.05) is 30.0 Å². The topological polar surface area (TPSA) is 294 Å². The van der Waals surface area contributed by atoms with E-state index in [4.69, 9.17) is 0 Å². The number of rotatable bonds is 12. The first-order valence-electron chi connectivity index (χ1n) is 17.0. The Morgan fingerprint density at radius 3 is 1.92 bits per heavy atom. The third-order valence-electron chi connectivity index (χ3n) is 10.7. The van der Waals surface area contributed by atoms with Gasteiger partial charge in [0.05, 0.1) is 46.7 Å². The van der Waals surface area contributed by atoms with E-state index in [1.54, 1.807) is 0 Å². The summed E-state index contributed by atoms with van der Waals surface area (Å²) in [4.78, 5) is 23.3. The van der Waals surface area contributed by atoms with Gasteiger partial charge in [0.15, 0.2) is 4.34 Å². The normalized spacial score (nSPS) is 36.7. The summed E-state index contributed by atoms with van der Waals surface area (Å²) in [5, 5.41) is 55.5. The van der Waals surface area contributed by atoms with Crippen LogP contribution in [0.4, 0.5) is 5.13 Å². The van der Waals surface area contributed by atoms with Crippen LogP contribution in [0.15, 0.2) is 14.6 Å². The van der Waals surface area contributed by atoms with E-state index in [9.17, 15) is 51.0 Å². The van der Waals surface area contributed by atoms with Crippen molar-refractivity contribution >= 4 is 60.4 Å². The summed E-state index contributed by atoms with van der Waals surface area (Å²) in [5.74, 6) is -5.11. The maximum absolute atomic E-state index is 11.7. The summed E-state index contributed by atoms with van der Waals surface area (Å²) in [6.07, 6.45) is 2.99. The van der Waals surface area contributed by atoms with E-state index in [1.165, 1.54) is 11.8 Å². The zero-order valence-electron chi connectivity index (χ0n) is 27.8. The smallest absolute Gasteiger partial charge is 0.307 e. The zero-order chi connectivity index (χ0) is 37.1. The number of nitrogens with one attached hydrogen (secondary N) is 3. The molecule has 8 atom stereocenters. The van der Waals surface area contributed by atoms with Gasteiger partial charge in [0.25, 0.3) is 25.4 Å². The highest BCUT2D eigenvalue weighted by Crippen LogP contribution is 2.41. The fraction of sp³-hybridized carbons (Fsp3) is 0.828. The maximum atomic E-state index is 11.7. The summed E-state index contributed by atoms with van der Waals surface area (Å²) in [5.41, 5.74) is 0. The Hall–Kier alpha value is -2.36. The second-order valence-corrected chi connectivity index (χ2v) is 19.8. The number of aliphatic carboxylic acids is 2. The summed E-state index contributed by atoms with van der Waals surface area (Å²) in [6.45, 7) is 1.89. The molecule has 0 amide bonds. The van der Waals surface area contributed by atoms with E-state index in [2.05, 4.69) is 42.4 Å². The molecule has 22 heteroatoms. The van der Waals surface area contributed by atoms with Gasteiger partial charge in [-0.25, -0.2) is 0 Å². The van der Waals surface area contributed by atoms with E-state index in [-0.39, 0.29) is 66.9 Å². The first kappa shape index (κ1) is 39.8. The quantitative estimate of drug-likeness (QED) is 0.118. The molecular weight excluding hydrogens is 749 g/mol. The highest BCUT2D eigenvalue weighted by molar-refractivity contribution is 8.01. The number of nitriles is 1. The number of hydrogen-bond acceptors (Lipinski definition) is 16. The molecule has 4 aliphatic rings. The van der Waals surface area contributed by atoms with Gasteiger partial charge in [0.1, 0.15) is 6.04 Å². The van der Waals surface area contributed by atoms with Crippen LogP contribution in [0.5, 0.6) is 0 Å². The van der Waals surface area contributed by atoms with E-state index in [1.807, 2.05) is 6.92 Å². The van der Waals surface area contributed by atoms with Crippen LogP contribution < -0.4 is 16.0 Å². The van der Waals surface area contributed by atoms with Crippen molar-refractivity contribution in [3.05, 3.63) is 0 Å². The van der Waals surface area contributed by atoms with Crippen molar-refractivity contribution in [1.82, 2.24) is 26.1 Å². The minimum Gasteiger partial charge on any atom is -0.481 e. The number of carboxylic acid groups (broad SMARTS) is 2. The van der Waals surface area contributed by atoms with Crippen molar-refractivity contribution < 1.29 is 45.7 Å². The molecule has 284 valence electrons. The average Bonchev–Trinajstić information content (AvgIpc) is 3.51. The summed E-state index contributed by atoms with van der Waals surface area (Å²) < 4.78 is 66.3. The molecule has 0 radical (unpaired) electrons. The van der Waals surface area contributed by atoms with Gasteiger partial charge in [-0.15, -0.1) is 15.3 Å². The van der Waals surface area contributed by atoms with E-state index in [0.29, 0.717) is 36.4 Å². The standard InChI is InChI=1S/C29H44N8O10S4/c1-14-22(13-30)24(31-15-2-7-18(8-3-15)50(42,43)44)33-25(32-16-4-9-19(10-5-16)51(45,46)47)23(14)34-35-28-36-37-29(49-28)48-17-6-11-20(26(38)39)21(12-17)27(40)41/h14-25,31-33H,2-12H2,1H3,(H,38,39)(H,40,41)(H,42,43,44)(H,45,46,47). The molecule has 1 aromatic rings. The van der Waals surface area contributed by atoms with Crippen molar-refractivity contribution in [2.24, 2.45) is 33.9 Å². The summed E-state index contributed by atoms with van der Waals surface area (Å²) in [7, 11) is -8.28. The molecule has 0 spiro atoms. The minimum atomic E-state index is -4.15. The lowest BCUT2D eigenvalue weighted by molar-refractivity contribution is -0.155. The molecule has 4 fully saturated rings. The molecule has 7 N–H and O–H groups in total. The fourth-order valence-electron chi connectivity index (χ4n) is 7.80. The van der Waals surface area contributed by atoms with Crippen molar-refractivity contribution in [3.63, 3.8) is 0 Å². The molecule has 1 saturated heterocycles. The predicted molar refractivity (Wildman–Crippen MR) is 184 cm³/mol. The first-order chi connectivity index (χ1) is 24.0. The van der Waals surface area contributed by atoms with Crippen molar-refractivity contribution in [3.8, 4) is 6.07 Å². The number of hydrogen-bond donors (Lipinski definition) is 7. The van der Waals surface area contributed by atoms with Gasteiger partial charge >= 0.3 is 11.9 Å². The van der Waals surface area contributed by atoms with Gasteiger partial charge in [0.2, 0.25) is 0 Å². The Morgan fingerprint density at radius 2 is 1.41 bits per heavy atom. The Bertz CT molecular complexity index is 1690. The lowest BCUT2D eigenvalue weighted by Crippen LogP contribution is -2.69. The number of aromatic nitrogens is 2. The van der Waals surface area contributed by atoms with Crippen molar-refractivity contribution in [2.75, 3.05) is 0 Å². The Kier molecular flexibility index (Phi) is 13.1. The third-order valence-corrected chi connectivity index (χ3v) is 15.5. The van der Waals surface area contributed by atoms with Gasteiger partial charge in [0, 0.05) is 23.3 Å². The molecule has 1 aromatic heterocycles. The number of carboxylic acids is 2. The second kappa shape index (κ2) is 16.8. The number of carbonyl (C=O) groups is 2. The fourth-order valence-corrected chi connectivity index (χ4v) is 11.7. The molecule has 8 unspecified atom stereocenters. The lowest BCUT2D eigenvalue weighted by atomic mass is 9.79. The van der Waals surface area contributed by atoms with Crippen LogP contribution in [0.2, 0.25) is 0 Å². The average molecular weight is 793 g/mol. The van der Waals surface area contributed by atoms with Crippen LogP contribution in [-0.2, 0) is 29.8 Å². The van der Waals surface area contributed by atoms with Gasteiger partial charge in [-0.05, 0) is 70.6 Å². The first-order valence-corrected chi connectivity index (χ1v) is 21.7. The van der Waals surface area contributed by atoms with Crippen LogP contribution in [0.1, 0.15) is 77.6 Å². The molecule has 18 nitrogen and oxygen atoms in total. The van der Waals surface area contributed by atoms with Gasteiger partial charge in [-0.2, -0.15) is 27.2 Å². The highest BCUT2D eigenvalue weighted by atomic mass is 32.2. The van der Waals surface area contributed by atoms with Crippen LogP contribution >= 0.6 is 23.1 Å². The third kappa shape index (κ3) is 10.2. The molecule has 51 heavy (non-hydrogen) atoms. The molecule has 0 aromatic carbocycles. The Labute approximate surface area is 304 Å². The minimum absolute atomic E-state index is 0.102. The van der Waals surface area contributed by atoms with E-state index >= 15 is 0 Å². The Balaban J connectivity index is 1.28. The van der Waals surface area contributed by atoms with E-state index < -0.39 is 78.8 Å². The lowest BCUT2D eigenvalue weighted by Gasteiger charge is -2.46. The number of thioether (sulfide) groups is 1. The monoisotopic (exact) mass is 792 g/mol. The van der Waals surface area contributed by atoms with Crippen LogP contribution in [0, 0.1) is 35.0 Å². The molecule has 0 bridgehead atoms. The molecule has 2 heterocycles.